The molecule has 0 bridgehead atoms. The van der Waals surface area contributed by atoms with E-state index in [4.69, 9.17) is 9.47 Å². The number of nitrogens with zero attached hydrogens (tertiary/aromatic N) is 2. The third-order valence-corrected chi connectivity index (χ3v) is 9.16. The van der Waals surface area contributed by atoms with Gasteiger partial charge in [0.15, 0.2) is 0 Å². The molecule has 0 aliphatic rings. The van der Waals surface area contributed by atoms with Gasteiger partial charge in [-0.25, -0.2) is 4.79 Å². The molecule has 0 spiro atoms. The van der Waals surface area contributed by atoms with Gasteiger partial charge < -0.3 is 9.47 Å². The number of ether oxygens (including phenoxy) is 2. The molecule has 0 unspecified atom stereocenters. The lowest BCUT2D eigenvalue weighted by Crippen LogP contribution is -2.08. The zero-order valence-electron chi connectivity index (χ0n) is 29.7. The zero-order valence-corrected chi connectivity index (χ0v) is 29.7. The molecule has 0 aliphatic heterocycles. The first kappa shape index (κ1) is 36.5. The smallest absolute Gasteiger partial charge is 0.343 e. The molecule has 0 aromatic heterocycles. The Labute approximate surface area is 298 Å². The third kappa shape index (κ3) is 12.0. The van der Waals surface area contributed by atoms with Crippen molar-refractivity contribution in [3.05, 3.63) is 121 Å². The number of carbonyl (C=O) groups is 1. The van der Waals surface area contributed by atoms with Crippen LogP contribution < -0.4 is 9.47 Å². The number of hydrogen-bond acceptors (Lipinski definition) is 5. The van der Waals surface area contributed by atoms with Crippen molar-refractivity contribution in [1.82, 2.24) is 0 Å². The molecule has 0 aliphatic carbocycles. The van der Waals surface area contributed by atoms with Crippen LogP contribution >= 0.6 is 0 Å². The van der Waals surface area contributed by atoms with Gasteiger partial charge in [-0.1, -0.05) is 151 Å². The van der Waals surface area contributed by atoms with Gasteiger partial charge in [-0.3, -0.25) is 0 Å². The molecule has 5 aromatic rings. The lowest BCUT2D eigenvalue weighted by atomic mass is 10.0. The number of carbonyl (C=O) groups excluding carboxylic acids is 1. The first-order valence-corrected chi connectivity index (χ1v) is 18.7. The Hall–Kier alpha value is -4.77. The van der Waals surface area contributed by atoms with Crippen LogP contribution in [0.3, 0.4) is 0 Å². The van der Waals surface area contributed by atoms with E-state index in [1.54, 1.807) is 12.1 Å². The fourth-order valence-corrected chi connectivity index (χ4v) is 6.18. The van der Waals surface area contributed by atoms with E-state index in [1.165, 1.54) is 83.5 Å². The monoisotopic (exact) mass is 668 g/mol. The predicted octanol–water partition coefficient (Wildman–Crippen LogP) is 14.0. The molecule has 5 heteroatoms. The summed E-state index contributed by atoms with van der Waals surface area (Å²) in [5, 5.41) is 11.2. The first-order chi connectivity index (χ1) is 24.7. The summed E-state index contributed by atoms with van der Waals surface area (Å²) in [7, 11) is 0. The van der Waals surface area contributed by atoms with E-state index >= 15 is 0 Å². The minimum atomic E-state index is -0.391. The van der Waals surface area contributed by atoms with Crippen molar-refractivity contribution >= 4 is 28.1 Å². The van der Waals surface area contributed by atoms with Gasteiger partial charge in [-0.05, 0) is 77.5 Å². The summed E-state index contributed by atoms with van der Waals surface area (Å²) in [6.45, 7) is 2.98. The van der Waals surface area contributed by atoms with Crippen molar-refractivity contribution in [2.75, 3.05) is 6.61 Å². The number of esters is 1. The average Bonchev–Trinajstić information content (AvgIpc) is 3.16. The highest BCUT2D eigenvalue weighted by Gasteiger charge is 2.10. The summed E-state index contributed by atoms with van der Waals surface area (Å²) in [6, 6.07) is 36.9. The van der Waals surface area contributed by atoms with Gasteiger partial charge in [0.25, 0.3) is 0 Å². The highest BCUT2D eigenvalue weighted by atomic mass is 16.5. The topological polar surface area (TPSA) is 60.2 Å². The molecule has 0 radical (unpaired) electrons. The summed E-state index contributed by atoms with van der Waals surface area (Å²) in [4.78, 5) is 12.8. The number of azo groups is 1. The molecular formula is C45H52N2O3. The molecule has 50 heavy (non-hydrogen) atoms. The van der Waals surface area contributed by atoms with Gasteiger partial charge in [0.05, 0.1) is 23.5 Å². The van der Waals surface area contributed by atoms with Crippen molar-refractivity contribution in [3.8, 4) is 22.6 Å². The lowest BCUT2D eigenvalue weighted by molar-refractivity contribution is 0.0734. The highest BCUT2D eigenvalue weighted by molar-refractivity contribution is 5.92. The molecule has 5 rings (SSSR count). The maximum Gasteiger partial charge on any atom is 0.343 e. The largest absolute Gasteiger partial charge is 0.494 e. The normalized spacial score (nSPS) is 11.3. The summed E-state index contributed by atoms with van der Waals surface area (Å²) in [5.74, 6) is 0.885. The Balaban J connectivity index is 0.968. The number of rotatable bonds is 21. The standard InChI is InChI=1S/C45H52N2O3/c1-2-3-4-5-6-7-8-9-10-11-12-13-14-17-35-49-41-31-27-39(28-32-41)45(48)50-42-33-25-37(26-34-42)36-23-29-40(30-24-36)46-47-44-22-18-20-38-19-15-16-21-43(38)44/h15-16,18-34H,2-14,17,35H2,1H3. The maximum atomic E-state index is 12.8. The Kier molecular flexibility index (Phi) is 15.1. The molecule has 0 atom stereocenters. The number of hydrogen-bond donors (Lipinski definition) is 0. The second-order valence-electron chi connectivity index (χ2n) is 13.1. The number of fused-ring (bicyclic) bond motifs is 1. The summed E-state index contributed by atoms with van der Waals surface area (Å²) in [6.07, 6.45) is 18.8. The van der Waals surface area contributed by atoms with Crippen LogP contribution in [0, 0.1) is 0 Å². The van der Waals surface area contributed by atoms with Gasteiger partial charge in [0.2, 0.25) is 0 Å². The second kappa shape index (κ2) is 20.7. The molecule has 0 saturated heterocycles. The number of unbranched alkanes of at least 4 members (excludes halogenated alkanes) is 13. The predicted molar refractivity (Wildman–Crippen MR) is 207 cm³/mol. The lowest BCUT2D eigenvalue weighted by Gasteiger charge is -2.08. The van der Waals surface area contributed by atoms with Crippen molar-refractivity contribution in [3.63, 3.8) is 0 Å². The van der Waals surface area contributed by atoms with Gasteiger partial charge in [0, 0.05) is 5.39 Å². The maximum absolute atomic E-state index is 12.8. The van der Waals surface area contributed by atoms with Crippen LogP contribution in [0.25, 0.3) is 21.9 Å². The van der Waals surface area contributed by atoms with Crippen molar-refractivity contribution in [2.24, 2.45) is 10.2 Å². The van der Waals surface area contributed by atoms with Gasteiger partial charge in [-0.2, -0.15) is 5.11 Å². The Morgan fingerprint density at radius 3 is 1.70 bits per heavy atom. The highest BCUT2D eigenvalue weighted by Crippen LogP contribution is 2.29. The molecule has 260 valence electrons. The van der Waals surface area contributed by atoms with E-state index in [2.05, 4.69) is 35.4 Å². The summed E-state index contributed by atoms with van der Waals surface area (Å²) >= 11 is 0. The molecule has 0 N–H and O–H groups in total. The van der Waals surface area contributed by atoms with Crippen LogP contribution in [-0.4, -0.2) is 12.6 Å². The average molecular weight is 669 g/mol. The Morgan fingerprint density at radius 2 is 1.06 bits per heavy atom. The molecular weight excluding hydrogens is 617 g/mol. The van der Waals surface area contributed by atoms with Gasteiger partial charge >= 0.3 is 5.97 Å². The van der Waals surface area contributed by atoms with Crippen LogP contribution in [0.2, 0.25) is 0 Å². The molecule has 5 aromatic carbocycles. The molecule has 5 nitrogen and oxygen atoms in total. The van der Waals surface area contributed by atoms with Crippen LogP contribution in [-0.2, 0) is 0 Å². The molecule has 0 saturated carbocycles. The third-order valence-electron chi connectivity index (χ3n) is 9.16. The first-order valence-electron chi connectivity index (χ1n) is 18.7. The van der Waals surface area contributed by atoms with Crippen LogP contribution in [0.1, 0.15) is 107 Å². The van der Waals surface area contributed by atoms with Gasteiger partial charge in [0.1, 0.15) is 11.5 Å². The van der Waals surface area contributed by atoms with Crippen LogP contribution in [0.5, 0.6) is 11.5 Å². The van der Waals surface area contributed by atoms with Crippen molar-refractivity contribution in [1.29, 1.82) is 0 Å². The van der Waals surface area contributed by atoms with E-state index in [0.29, 0.717) is 17.9 Å². The zero-order chi connectivity index (χ0) is 34.6. The van der Waals surface area contributed by atoms with E-state index in [0.717, 1.165) is 45.4 Å². The van der Waals surface area contributed by atoms with Crippen molar-refractivity contribution < 1.29 is 14.3 Å². The summed E-state index contributed by atoms with van der Waals surface area (Å²) < 4.78 is 11.6. The van der Waals surface area contributed by atoms with Crippen LogP contribution in [0.4, 0.5) is 11.4 Å². The molecule has 0 fully saturated rings. The SMILES string of the molecule is CCCCCCCCCCCCCCCCOc1ccc(C(=O)Oc2ccc(-c3ccc(N=Nc4cccc5ccccc45)cc3)cc2)cc1. The minimum Gasteiger partial charge on any atom is -0.494 e. The minimum absolute atomic E-state index is 0.391. The number of benzene rings is 5. The summed E-state index contributed by atoms with van der Waals surface area (Å²) in [5.41, 5.74) is 4.17. The van der Waals surface area contributed by atoms with E-state index in [-0.39, 0.29) is 0 Å². The van der Waals surface area contributed by atoms with Crippen molar-refractivity contribution in [2.45, 2.75) is 96.8 Å². The Bertz CT molecular complexity index is 1740. The second-order valence-corrected chi connectivity index (χ2v) is 13.1. The van der Waals surface area contributed by atoms with Crippen LogP contribution in [0.15, 0.2) is 125 Å². The molecule has 0 amide bonds. The van der Waals surface area contributed by atoms with E-state index in [9.17, 15) is 4.79 Å². The fraction of sp³-hybridized carbons (Fsp3) is 0.356. The quantitative estimate of drug-likeness (QED) is 0.0338. The van der Waals surface area contributed by atoms with E-state index in [1.807, 2.05) is 84.9 Å². The Morgan fingerprint density at radius 1 is 0.520 bits per heavy atom. The van der Waals surface area contributed by atoms with E-state index < -0.39 is 5.97 Å². The molecule has 0 heterocycles. The fourth-order valence-electron chi connectivity index (χ4n) is 6.18. The van der Waals surface area contributed by atoms with Gasteiger partial charge in [-0.15, -0.1) is 5.11 Å².